The fourth-order valence-electron chi connectivity index (χ4n) is 3.12. The van der Waals surface area contributed by atoms with Crippen molar-refractivity contribution >= 4 is 29.9 Å². The monoisotopic (exact) mass is 529 g/mol. The highest BCUT2D eigenvalue weighted by Crippen LogP contribution is 2.19. The summed E-state index contributed by atoms with van der Waals surface area (Å²) in [4.78, 5) is 11.6. The summed E-state index contributed by atoms with van der Waals surface area (Å²) in [5, 5.41) is 14.0. The number of benzene rings is 1. The molecule has 30 heavy (non-hydrogen) atoms. The third kappa shape index (κ3) is 7.10. The fraction of sp³-hybridized carbons (Fsp3) is 0.550. The van der Waals surface area contributed by atoms with Gasteiger partial charge in [-0.15, -0.1) is 24.0 Å². The molecule has 1 unspecified atom stereocenters. The van der Waals surface area contributed by atoms with Gasteiger partial charge in [0.05, 0.1) is 20.3 Å². The first-order chi connectivity index (χ1) is 14.2. The van der Waals surface area contributed by atoms with Crippen LogP contribution in [0.1, 0.15) is 19.7 Å². The van der Waals surface area contributed by atoms with E-state index < -0.39 is 0 Å². The highest BCUT2D eigenvalue weighted by molar-refractivity contribution is 14.0. The Morgan fingerprint density at radius 2 is 2.00 bits per heavy atom. The van der Waals surface area contributed by atoms with Gasteiger partial charge in [0.15, 0.2) is 11.8 Å². The average Bonchev–Trinajstić information content (AvgIpc) is 3.25. The number of morpholine rings is 1. The number of aromatic amines is 1. The number of ether oxygens (including phenoxy) is 2. The van der Waals surface area contributed by atoms with Gasteiger partial charge in [0, 0.05) is 37.8 Å². The maximum atomic E-state index is 5.43. The Morgan fingerprint density at radius 1 is 1.27 bits per heavy atom. The molecule has 0 saturated carbocycles. The van der Waals surface area contributed by atoms with Crippen LogP contribution in [0.5, 0.6) is 5.75 Å². The second-order valence-corrected chi connectivity index (χ2v) is 6.91. The number of hydrogen-bond donors (Lipinski definition) is 3. The Hall–Kier alpha value is -1.92. The molecule has 1 aliphatic heterocycles. The molecular formula is C20H32IN7O2. The normalized spacial score (nSPS) is 15.9. The number of halogens is 1. The predicted molar refractivity (Wildman–Crippen MR) is 128 cm³/mol. The zero-order chi connectivity index (χ0) is 20.5. The molecule has 1 aliphatic rings. The number of aromatic nitrogens is 3. The van der Waals surface area contributed by atoms with E-state index in [1.165, 1.54) is 0 Å². The molecule has 1 aromatic heterocycles. The highest BCUT2D eigenvalue weighted by Gasteiger charge is 2.17. The SMILES string of the molecule is CCNC(=NCc1nc(-c2ccc(OC)cc2)n[nH]1)NCC(C)N1CCOCC1.I. The van der Waals surface area contributed by atoms with Crippen molar-refractivity contribution in [2.24, 2.45) is 4.99 Å². The number of H-pyrrole nitrogens is 1. The lowest BCUT2D eigenvalue weighted by Crippen LogP contribution is -2.49. The molecular weight excluding hydrogens is 497 g/mol. The van der Waals surface area contributed by atoms with Gasteiger partial charge in [-0.05, 0) is 38.1 Å². The zero-order valence-electron chi connectivity index (χ0n) is 17.9. The van der Waals surface area contributed by atoms with E-state index in [1.807, 2.05) is 24.3 Å². The van der Waals surface area contributed by atoms with E-state index in [1.54, 1.807) is 7.11 Å². The molecule has 166 valence electrons. The van der Waals surface area contributed by atoms with Crippen molar-refractivity contribution in [2.45, 2.75) is 26.4 Å². The lowest BCUT2D eigenvalue weighted by molar-refractivity contribution is 0.0211. The van der Waals surface area contributed by atoms with Crippen molar-refractivity contribution in [3.05, 3.63) is 30.1 Å². The first-order valence-corrected chi connectivity index (χ1v) is 10.1. The van der Waals surface area contributed by atoms with E-state index in [-0.39, 0.29) is 24.0 Å². The lowest BCUT2D eigenvalue weighted by atomic mass is 10.2. The third-order valence-corrected chi connectivity index (χ3v) is 4.85. The molecule has 2 heterocycles. The zero-order valence-corrected chi connectivity index (χ0v) is 20.2. The van der Waals surface area contributed by atoms with Gasteiger partial charge >= 0.3 is 0 Å². The molecule has 1 fully saturated rings. The minimum Gasteiger partial charge on any atom is -0.497 e. The Balaban J connectivity index is 0.00000320. The molecule has 0 spiro atoms. The first kappa shape index (κ1) is 24.4. The molecule has 0 amide bonds. The second kappa shape index (κ2) is 12.7. The van der Waals surface area contributed by atoms with Crippen LogP contribution in [0, 0.1) is 0 Å². The molecule has 10 heteroatoms. The largest absolute Gasteiger partial charge is 0.497 e. The summed E-state index contributed by atoms with van der Waals surface area (Å²) < 4.78 is 10.6. The van der Waals surface area contributed by atoms with Gasteiger partial charge in [0.25, 0.3) is 0 Å². The smallest absolute Gasteiger partial charge is 0.191 e. The maximum Gasteiger partial charge on any atom is 0.191 e. The molecule has 1 saturated heterocycles. The van der Waals surface area contributed by atoms with E-state index in [4.69, 9.17) is 9.47 Å². The summed E-state index contributed by atoms with van der Waals surface area (Å²) in [5.41, 5.74) is 0.932. The van der Waals surface area contributed by atoms with Gasteiger partial charge in [-0.25, -0.2) is 9.98 Å². The van der Waals surface area contributed by atoms with Crippen molar-refractivity contribution < 1.29 is 9.47 Å². The van der Waals surface area contributed by atoms with E-state index in [9.17, 15) is 0 Å². The Morgan fingerprint density at radius 3 is 2.67 bits per heavy atom. The van der Waals surface area contributed by atoms with Crippen LogP contribution in [0.2, 0.25) is 0 Å². The fourth-order valence-corrected chi connectivity index (χ4v) is 3.12. The van der Waals surface area contributed by atoms with Crippen LogP contribution in [0.4, 0.5) is 0 Å². The van der Waals surface area contributed by atoms with Crippen molar-refractivity contribution in [3.63, 3.8) is 0 Å². The predicted octanol–water partition coefficient (Wildman–Crippen LogP) is 1.87. The van der Waals surface area contributed by atoms with Crippen molar-refractivity contribution in [3.8, 4) is 17.1 Å². The Bertz CT molecular complexity index is 776. The van der Waals surface area contributed by atoms with Gasteiger partial charge in [-0.2, -0.15) is 5.10 Å². The van der Waals surface area contributed by atoms with Crippen LogP contribution in [0.25, 0.3) is 11.4 Å². The Kier molecular flexibility index (Phi) is 10.3. The molecule has 0 radical (unpaired) electrons. The summed E-state index contributed by atoms with van der Waals surface area (Å²) in [6.07, 6.45) is 0. The topological polar surface area (TPSA) is 99.7 Å². The number of methoxy groups -OCH3 is 1. The van der Waals surface area contributed by atoms with Gasteiger partial charge in [-0.3, -0.25) is 10.00 Å². The number of nitrogens with one attached hydrogen (secondary N) is 3. The van der Waals surface area contributed by atoms with Gasteiger partial charge in [-0.1, -0.05) is 0 Å². The Labute approximate surface area is 195 Å². The molecule has 0 bridgehead atoms. The standard InChI is InChI=1S/C20H31N7O2.HI/c1-4-21-20(22-13-15(2)27-9-11-29-12-10-27)23-14-18-24-19(26-25-18)16-5-7-17(28-3)8-6-16;/h5-8,15H,4,9-14H2,1-3H3,(H2,21,22,23)(H,24,25,26);1H. The summed E-state index contributed by atoms with van der Waals surface area (Å²) in [7, 11) is 1.65. The minimum atomic E-state index is 0. The van der Waals surface area contributed by atoms with Crippen LogP contribution in [-0.4, -0.2) is 78.6 Å². The quantitative estimate of drug-likeness (QED) is 0.273. The van der Waals surface area contributed by atoms with Gasteiger partial charge < -0.3 is 20.1 Å². The van der Waals surface area contributed by atoms with E-state index in [0.29, 0.717) is 24.2 Å². The number of rotatable bonds is 8. The van der Waals surface area contributed by atoms with Gasteiger partial charge in [0.1, 0.15) is 18.1 Å². The van der Waals surface area contributed by atoms with Crippen LogP contribution in [0.3, 0.4) is 0 Å². The van der Waals surface area contributed by atoms with Crippen molar-refractivity contribution in [1.82, 2.24) is 30.7 Å². The van der Waals surface area contributed by atoms with Crippen molar-refractivity contribution in [1.29, 1.82) is 0 Å². The summed E-state index contributed by atoms with van der Waals surface area (Å²) >= 11 is 0. The number of nitrogens with zero attached hydrogens (tertiary/aromatic N) is 4. The second-order valence-electron chi connectivity index (χ2n) is 6.91. The number of aliphatic imine (C=N–C) groups is 1. The first-order valence-electron chi connectivity index (χ1n) is 10.1. The van der Waals surface area contributed by atoms with Crippen LogP contribution < -0.4 is 15.4 Å². The van der Waals surface area contributed by atoms with Gasteiger partial charge in [0.2, 0.25) is 0 Å². The molecule has 9 nitrogen and oxygen atoms in total. The number of guanidine groups is 1. The maximum absolute atomic E-state index is 5.43. The molecule has 1 atom stereocenters. The van der Waals surface area contributed by atoms with E-state index >= 15 is 0 Å². The van der Waals surface area contributed by atoms with E-state index in [2.05, 4.69) is 49.6 Å². The van der Waals surface area contributed by atoms with Crippen LogP contribution in [-0.2, 0) is 11.3 Å². The van der Waals surface area contributed by atoms with Crippen LogP contribution in [0.15, 0.2) is 29.3 Å². The summed E-state index contributed by atoms with van der Waals surface area (Å²) in [5.74, 6) is 2.95. The van der Waals surface area contributed by atoms with E-state index in [0.717, 1.165) is 56.7 Å². The minimum absolute atomic E-state index is 0. The molecule has 2 aromatic rings. The molecule has 3 N–H and O–H groups in total. The highest BCUT2D eigenvalue weighted by atomic mass is 127. The molecule has 3 rings (SSSR count). The van der Waals surface area contributed by atoms with Crippen LogP contribution >= 0.6 is 24.0 Å². The molecule has 1 aromatic carbocycles. The number of hydrogen-bond acceptors (Lipinski definition) is 6. The lowest BCUT2D eigenvalue weighted by Gasteiger charge is -2.32. The molecule has 0 aliphatic carbocycles. The van der Waals surface area contributed by atoms with Crippen molar-refractivity contribution in [2.75, 3.05) is 46.5 Å². The summed E-state index contributed by atoms with van der Waals surface area (Å²) in [6, 6.07) is 8.08. The summed E-state index contributed by atoms with van der Waals surface area (Å²) in [6.45, 7) is 9.87. The average molecular weight is 529 g/mol. The third-order valence-electron chi connectivity index (χ3n) is 4.85.